The summed E-state index contributed by atoms with van der Waals surface area (Å²) in [7, 11) is 3.48. The normalized spacial score (nSPS) is 18.3. The van der Waals surface area contributed by atoms with Gasteiger partial charge in [-0.15, -0.1) is 24.8 Å². The average Bonchev–Trinajstić information content (AvgIpc) is 3.07. The number of benzene rings is 2. The molecule has 1 saturated heterocycles. The minimum Gasteiger partial charge on any atom is -0.496 e. The van der Waals surface area contributed by atoms with Gasteiger partial charge in [-0.3, -0.25) is 4.90 Å². The van der Waals surface area contributed by atoms with Crippen LogP contribution in [-0.4, -0.2) is 58.5 Å². The molecule has 4 rings (SSSR count). The van der Waals surface area contributed by atoms with Crippen LogP contribution in [0.3, 0.4) is 0 Å². The highest BCUT2D eigenvalue weighted by molar-refractivity contribution is 5.85. The maximum atomic E-state index is 5.64. The van der Waals surface area contributed by atoms with E-state index in [-0.39, 0.29) is 24.8 Å². The van der Waals surface area contributed by atoms with Gasteiger partial charge in [-0.1, -0.05) is 24.3 Å². The van der Waals surface area contributed by atoms with Crippen LogP contribution in [0.4, 0.5) is 5.69 Å². The predicted molar refractivity (Wildman–Crippen MR) is 126 cm³/mol. The van der Waals surface area contributed by atoms with Crippen molar-refractivity contribution in [2.75, 3.05) is 58.5 Å². The fourth-order valence-corrected chi connectivity index (χ4v) is 4.40. The summed E-state index contributed by atoms with van der Waals surface area (Å²) in [5, 5.41) is 0. The molecular weight excluding hydrogens is 423 g/mol. The summed E-state index contributed by atoms with van der Waals surface area (Å²) in [6.07, 6.45) is 0. The van der Waals surface area contributed by atoms with Crippen molar-refractivity contribution in [2.24, 2.45) is 0 Å². The van der Waals surface area contributed by atoms with Gasteiger partial charge in [0.1, 0.15) is 5.75 Å². The third-order valence-electron chi connectivity index (χ3n) is 5.76. The number of fused-ring (bicyclic) bond motifs is 1. The number of anilines is 1. The summed E-state index contributed by atoms with van der Waals surface area (Å²) in [5.41, 5.74) is 5.19. The average molecular weight is 455 g/mol. The van der Waals surface area contributed by atoms with Crippen LogP contribution in [0.15, 0.2) is 42.5 Å². The van der Waals surface area contributed by atoms with Gasteiger partial charge in [-0.25, -0.2) is 0 Å². The number of para-hydroxylation sites is 1. The van der Waals surface area contributed by atoms with Crippen molar-refractivity contribution < 1.29 is 14.2 Å². The van der Waals surface area contributed by atoms with E-state index >= 15 is 0 Å². The van der Waals surface area contributed by atoms with E-state index in [9.17, 15) is 0 Å². The molecule has 0 aromatic heterocycles. The number of ether oxygens (including phenoxy) is 3. The monoisotopic (exact) mass is 454 g/mol. The topological polar surface area (TPSA) is 34.2 Å². The van der Waals surface area contributed by atoms with Crippen LogP contribution in [-0.2, 0) is 22.6 Å². The highest BCUT2D eigenvalue weighted by atomic mass is 35.5. The Morgan fingerprint density at radius 1 is 1.03 bits per heavy atom. The van der Waals surface area contributed by atoms with Crippen LogP contribution >= 0.6 is 24.8 Å². The molecule has 0 saturated carbocycles. The standard InChI is InChI=1S/C23H30N2O3.2ClH/c1-26-17-18-7-8-23(27-2)19(13-18)15-25-16-20(14-24-9-11-28-12-10-24)21-5-3-4-6-22(21)25;;/h3-8,13,20H,9-12,14-17H2,1-2H3;2*1H. The van der Waals surface area contributed by atoms with Gasteiger partial charge >= 0.3 is 0 Å². The maximum absolute atomic E-state index is 5.64. The molecule has 0 radical (unpaired) electrons. The highest BCUT2D eigenvalue weighted by Gasteiger charge is 2.30. The quantitative estimate of drug-likeness (QED) is 0.628. The van der Waals surface area contributed by atoms with Crippen molar-refractivity contribution in [2.45, 2.75) is 19.1 Å². The Morgan fingerprint density at radius 2 is 1.80 bits per heavy atom. The summed E-state index contributed by atoms with van der Waals surface area (Å²) >= 11 is 0. The van der Waals surface area contributed by atoms with Gasteiger partial charge in [0.05, 0.1) is 26.9 Å². The second-order valence-corrected chi connectivity index (χ2v) is 7.63. The first-order chi connectivity index (χ1) is 13.8. The third-order valence-corrected chi connectivity index (χ3v) is 5.76. The molecule has 0 aliphatic carbocycles. The lowest BCUT2D eigenvalue weighted by Crippen LogP contribution is -2.39. The number of methoxy groups -OCH3 is 2. The minimum absolute atomic E-state index is 0. The van der Waals surface area contributed by atoms with Crippen molar-refractivity contribution >= 4 is 30.5 Å². The van der Waals surface area contributed by atoms with Crippen LogP contribution in [0, 0.1) is 0 Å². The van der Waals surface area contributed by atoms with E-state index in [1.165, 1.54) is 22.4 Å². The molecule has 7 heteroatoms. The lowest BCUT2D eigenvalue weighted by molar-refractivity contribution is 0.0356. The van der Waals surface area contributed by atoms with Crippen molar-refractivity contribution in [1.29, 1.82) is 0 Å². The molecule has 30 heavy (non-hydrogen) atoms. The van der Waals surface area contributed by atoms with E-state index in [1.807, 2.05) is 0 Å². The summed E-state index contributed by atoms with van der Waals surface area (Å²) in [6, 6.07) is 15.2. The summed E-state index contributed by atoms with van der Waals surface area (Å²) in [4.78, 5) is 5.03. The van der Waals surface area contributed by atoms with Crippen LogP contribution in [0.25, 0.3) is 0 Å². The Hall–Kier alpha value is -1.50. The van der Waals surface area contributed by atoms with Crippen molar-refractivity contribution in [3.8, 4) is 5.75 Å². The molecule has 1 unspecified atom stereocenters. The molecule has 1 atom stereocenters. The zero-order chi connectivity index (χ0) is 19.3. The number of hydrogen-bond acceptors (Lipinski definition) is 5. The number of hydrogen-bond donors (Lipinski definition) is 0. The summed E-state index contributed by atoms with van der Waals surface area (Å²) in [6.45, 7) is 7.36. The zero-order valence-electron chi connectivity index (χ0n) is 17.7. The molecule has 2 aromatic carbocycles. The van der Waals surface area contributed by atoms with Crippen LogP contribution in [0.2, 0.25) is 0 Å². The molecule has 0 N–H and O–H groups in total. The van der Waals surface area contributed by atoms with Gasteiger partial charge < -0.3 is 19.1 Å². The van der Waals surface area contributed by atoms with E-state index in [2.05, 4.69) is 52.3 Å². The maximum Gasteiger partial charge on any atom is 0.123 e. The Kier molecular flexibility index (Phi) is 9.72. The van der Waals surface area contributed by atoms with E-state index < -0.39 is 0 Å². The van der Waals surface area contributed by atoms with Crippen molar-refractivity contribution in [1.82, 2.24) is 4.90 Å². The lowest BCUT2D eigenvalue weighted by atomic mass is 10.0. The lowest BCUT2D eigenvalue weighted by Gasteiger charge is -2.29. The molecule has 5 nitrogen and oxygen atoms in total. The second kappa shape index (κ2) is 11.8. The summed E-state index contributed by atoms with van der Waals surface area (Å²) < 4.78 is 16.5. The van der Waals surface area contributed by atoms with E-state index in [4.69, 9.17) is 14.2 Å². The Labute approximate surface area is 192 Å². The molecule has 0 amide bonds. The third kappa shape index (κ3) is 5.59. The number of halogens is 2. The largest absolute Gasteiger partial charge is 0.496 e. The Bertz CT molecular complexity index is 800. The van der Waals surface area contributed by atoms with Gasteiger partial charge in [0.15, 0.2) is 0 Å². The molecular formula is C23H32Cl2N2O3. The first kappa shape index (κ1) is 24.8. The van der Waals surface area contributed by atoms with Crippen molar-refractivity contribution in [3.63, 3.8) is 0 Å². The SMILES string of the molecule is COCc1ccc(OC)c(CN2CC(CN3CCOCC3)c3ccccc32)c1.Cl.Cl. The molecule has 2 aromatic rings. The molecule has 0 spiro atoms. The van der Waals surface area contributed by atoms with Crippen LogP contribution in [0.1, 0.15) is 22.6 Å². The van der Waals surface area contributed by atoms with Gasteiger partial charge in [-0.2, -0.15) is 0 Å². The molecule has 0 bridgehead atoms. The first-order valence-corrected chi connectivity index (χ1v) is 10.1. The first-order valence-electron chi connectivity index (χ1n) is 10.1. The number of nitrogens with zero attached hydrogens (tertiary/aromatic N) is 2. The van der Waals surface area contributed by atoms with Gasteiger partial charge in [0, 0.05) is 57.0 Å². The molecule has 2 heterocycles. The minimum atomic E-state index is 0. The molecule has 1 fully saturated rings. The molecule has 2 aliphatic rings. The predicted octanol–water partition coefficient (Wildman–Crippen LogP) is 4.12. The van der Waals surface area contributed by atoms with Gasteiger partial charge in [0.2, 0.25) is 0 Å². The Morgan fingerprint density at radius 3 is 2.53 bits per heavy atom. The molecule has 166 valence electrons. The van der Waals surface area contributed by atoms with Gasteiger partial charge in [0.25, 0.3) is 0 Å². The fraction of sp³-hybridized carbons (Fsp3) is 0.478. The van der Waals surface area contributed by atoms with Gasteiger partial charge in [-0.05, 0) is 29.3 Å². The van der Waals surface area contributed by atoms with E-state index in [1.54, 1.807) is 14.2 Å². The fourth-order valence-electron chi connectivity index (χ4n) is 4.40. The number of morpholine rings is 1. The van der Waals surface area contributed by atoms with E-state index in [0.29, 0.717) is 12.5 Å². The summed E-state index contributed by atoms with van der Waals surface area (Å²) in [5.74, 6) is 1.47. The Balaban J connectivity index is 0.00000160. The smallest absolute Gasteiger partial charge is 0.123 e. The molecule has 2 aliphatic heterocycles. The van der Waals surface area contributed by atoms with E-state index in [0.717, 1.165) is 51.7 Å². The number of rotatable bonds is 7. The highest BCUT2D eigenvalue weighted by Crippen LogP contribution is 2.38. The zero-order valence-corrected chi connectivity index (χ0v) is 19.3. The van der Waals surface area contributed by atoms with Crippen LogP contribution in [0.5, 0.6) is 5.75 Å². The second-order valence-electron chi connectivity index (χ2n) is 7.63. The van der Waals surface area contributed by atoms with Crippen molar-refractivity contribution in [3.05, 3.63) is 59.2 Å². The van der Waals surface area contributed by atoms with Crippen LogP contribution < -0.4 is 9.64 Å².